The molecule has 128 valence electrons. The number of hydrogen-bond acceptors (Lipinski definition) is 7. The number of carbonyl (C=O) groups is 2. The molecule has 0 spiro atoms. The molecule has 0 aliphatic rings. The van der Waals surface area contributed by atoms with Crippen LogP contribution in [0.5, 0.6) is 0 Å². The number of amides is 1. The van der Waals surface area contributed by atoms with Crippen LogP contribution in [-0.2, 0) is 16.1 Å². The minimum Gasteiger partial charge on any atom is -0.468 e. The molecule has 1 amide bonds. The van der Waals surface area contributed by atoms with E-state index in [9.17, 15) is 19.7 Å². The predicted molar refractivity (Wildman–Crippen MR) is 92.7 cm³/mol. The van der Waals surface area contributed by atoms with E-state index in [2.05, 4.69) is 4.99 Å². The maximum Gasteiger partial charge on any atom is 0.325 e. The Morgan fingerprint density at radius 1 is 1.24 bits per heavy atom. The van der Waals surface area contributed by atoms with E-state index in [1.54, 1.807) is 4.57 Å². The SMILES string of the molecule is COC(=O)Cn1c(=NC(=O)c2ccc([N+](=O)[O-])s2)sc2ccccc21. The van der Waals surface area contributed by atoms with E-state index in [0.717, 1.165) is 21.6 Å². The number of nitro groups is 1. The first kappa shape index (κ1) is 17.0. The van der Waals surface area contributed by atoms with Gasteiger partial charge < -0.3 is 9.30 Å². The smallest absolute Gasteiger partial charge is 0.325 e. The number of para-hydroxylation sites is 1. The van der Waals surface area contributed by atoms with Crippen molar-refractivity contribution in [2.24, 2.45) is 4.99 Å². The molecule has 0 saturated heterocycles. The minimum atomic E-state index is -0.594. The van der Waals surface area contributed by atoms with Crippen LogP contribution in [-0.4, -0.2) is 28.5 Å². The Kier molecular flexibility index (Phi) is 4.72. The molecule has 0 saturated carbocycles. The van der Waals surface area contributed by atoms with Gasteiger partial charge in [-0.2, -0.15) is 4.99 Å². The molecule has 8 nitrogen and oxygen atoms in total. The summed E-state index contributed by atoms with van der Waals surface area (Å²) in [7, 11) is 1.28. The molecule has 0 aliphatic carbocycles. The van der Waals surface area contributed by atoms with Crippen LogP contribution >= 0.6 is 22.7 Å². The van der Waals surface area contributed by atoms with Crippen molar-refractivity contribution in [2.75, 3.05) is 7.11 Å². The number of rotatable bonds is 4. The molecule has 0 unspecified atom stereocenters. The number of methoxy groups -OCH3 is 1. The third kappa shape index (κ3) is 3.49. The minimum absolute atomic E-state index is 0.0861. The summed E-state index contributed by atoms with van der Waals surface area (Å²) in [5.74, 6) is -1.06. The van der Waals surface area contributed by atoms with Gasteiger partial charge in [0, 0.05) is 6.07 Å². The average Bonchev–Trinajstić information content (AvgIpc) is 3.21. The molecule has 3 rings (SSSR count). The van der Waals surface area contributed by atoms with Gasteiger partial charge in [0.05, 0.1) is 22.2 Å². The third-order valence-electron chi connectivity index (χ3n) is 3.28. The van der Waals surface area contributed by atoms with Crippen LogP contribution in [0.2, 0.25) is 0 Å². The summed E-state index contributed by atoms with van der Waals surface area (Å²) in [5.41, 5.74) is 0.751. The second-order valence-corrected chi connectivity index (χ2v) is 6.90. The van der Waals surface area contributed by atoms with Crippen LogP contribution in [0.15, 0.2) is 41.4 Å². The fourth-order valence-electron chi connectivity index (χ4n) is 2.14. The van der Waals surface area contributed by atoms with Gasteiger partial charge in [-0.1, -0.05) is 34.8 Å². The Balaban J connectivity index is 2.07. The lowest BCUT2D eigenvalue weighted by atomic mass is 10.3. The van der Waals surface area contributed by atoms with Crippen molar-refractivity contribution >= 4 is 49.8 Å². The van der Waals surface area contributed by atoms with Gasteiger partial charge in [-0.15, -0.1) is 0 Å². The normalized spacial score (nSPS) is 11.6. The zero-order chi connectivity index (χ0) is 18.0. The molecule has 0 radical (unpaired) electrons. The summed E-state index contributed by atoms with van der Waals surface area (Å²) in [6, 6.07) is 9.96. The summed E-state index contributed by atoms with van der Waals surface area (Å²) in [4.78, 5) is 38.7. The number of ether oxygens (including phenoxy) is 1. The molecule has 2 aromatic heterocycles. The van der Waals surface area contributed by atoms with Gasteiger partial charge in [0.1, 0.15) is 11.4 Å². The van der Waals surface area contributed by atoms with Gasteiger partial charge in [-0.25, -0.2) is 0 Å². The van der Waals surface area contributed by atoms with Crippen molar-refractivity contribution in [2.45, 2.75) is 6.54 Å². The summed E-state index contributed by atoms with van der Waals surface area (Å²) in [5, 5.41) is 10.6. The molecule has 0 bridgehead atoms. The molecule has 0 fully saturated rings. The topological polar surface area (TPSA) is 104 Å². The Labute approximate surface area is 148 Å². The monoisotopic (exact) mass is 377 g/mol. The van der Waals surface area contributed by atoms with Crippen molar-refractivity contribution in [1.82, 2.24) is 4.57 Å². The highest BCUT2D eigenvalue weighted by Crippen LogP contribution is 2.24. The molecule has 3 aromatic rings. The molecule has 2 heterocycles. The zero-order valence-electron chi connectivity index (χ0n) is 12.9. The van der Waals surface area contributed by atoms with Gasteiger partial charge in [-0.3, -0.25) is 19.7 Å². The van der Waals surface area contributed by atoms with Crippen molar-refractivity contribution in [3.63, 3.8) is 0 Å². The first-order valence-corrected chi connectivity index (χ1v) is 8.61. The maximum absolute atomic E-state index is 12.3. The van der Waals surface area contributed by atoms with Crippen LogP contribution in [0.25, 0.3) is 10.2 Å². The molecular weight excluding hydrogens is 366 g/mol. The molecule has 0 N–H and O–H groups in total. The van der Waals surface area contributed by atoms with E-state index >= 15 is 0 Å². The van der Waals surface area contributed by atoms with E-state index in [4.69, 9.17) is 4.74 Å². The molecule has 0 aliphatic heterocycles. The van der Waals surface area contributed by atoms with E-state index in [-0.39, 0.29) is 16.4 Å². The Hall–Kier alpha value is -2.85. The number of esters is 1. The second-order valence-electron chi connectivity index (χ2n) is 4.83. The quantitative estimate of drug-likeness (QED) is 0.395. The van der Waals surface area contributed by atoms with Gasteiger partial charge in [0.2, 0.25) is 0 Å². The Morgan fingerprint density at radius 3 is 2.68 bits per heavy atom. The first-order chi connectivity index (χ1) is 12.0. The van der Waals surface area contributed by atoms with E-state index in [1.165, 1.54) is 30.6 Å². The number of benzene rings is 1. The molecule has 1 aromatic carbocycles. The molecule has 0 atom stereocenters. The van der Waals surface area contributed by atoms with Crippen LogP contribution < -0.4 is 4.80 Å². The summed E-state index contributed by atoms with van der Waals surface area (Å²) < 4.78 is 7.14. The van der Waals surface area contributed by atoms with Gasteiger partial charge in [-0.05, 0) is 18.2 Å². The van der Waals surface area contributed by atoms with Crippen molar-refractivity contribution in [1.29, 1.82) is 0 Å². The summed E-state index contributed by atoms with van der Waals surface area (Å²) >= 11 is 2.01. The van der Waals surface area contributed by atoms with E-state index in [1.807, 2.05) is 24.3 Å². The van der Waals surface area contributed by atoms with Gasteiger partial charge >= 0.3 is 11.0 Å². The summed E-state index contributed by atoms with van der Waals surface area (Å²) in [6.45, 7) is -0.0861. The molecule has 25 heavy (non-hydrogen) atoms. The Morgan fingerprint density at radius 2 is 2.00 bits per heavy atom. The standard InChI is InChI=1S/C15H11N3O5S2/c1-23-13(19)8-17-9-4-2-3-5-10(9)25-15(17)16-14(20)11-6-7-12(24-11)18(21)22/h2-7H,8H2,1H3. The second kappa shape index (κ2) is 6.95. The van der Waals surface area contributed by atoms with Crippen LogP contribution in [0.3, 0.4) is 0 Å². The predicted octanol–water partition coefficient (Wildman–Crippen LogP) is 2.59. The van der Waals surface area contributed by atoms with Crippen molar-refractivity contribution in [3.8, 4) is 0 Å². The molecule has 10 heteroatoms. The van der Waals surface area contributed by atoms with Crippen molar-refractivity contribution in [3.05, 3.63) is 56.2 Å². The Bertz CT molecular complexity index is 1050. The van der Waals surface area contributed by atoms with E-state index in [0.29, 0.717) is 4.80 Å². The largest absolute Gasteiger partial charge is 0.468 e. The third-order valence-corrected chi connectivity index (χ3v) is 5.37. The maximum atomic E-state index is 12.3. The zero-order valence-corrected chi connectivity index (χ0v) is 14.5. The average molecular weight is 377 g/mol. The number of thiophene rings is 1. The highest BCUT2D eigenvalue weighted by atomic mass is 32.1. The van der Waals surface area contributed by atoms with Crippen molar-refractivity contribution < 1.29 is 19.2 Å². The number of carbonyl (C=O) groups excluding carboxylic acids is 2. The fraction of sp³-hybridized carbons (Fsp3) is 0.133. The fourth-order valence-corrected chi connectivity index (χ4v) is 3.87. The summed E-state index contributed by atoms with van der Waals surface area (Å²) in [6.07, 6.45) is 0. The highest BCUT2D eigenvalue weighted by molar-refractivity contribution is 7.17. The first-order valence-electron chi connectivity index (χ1n) is 6.98. The lowest BCUT2D eigenvalue weighted by molar-refractivity contribution is -0.380. The number of hydrogen-bond donors (Lipinski definition) is 0. The lowest BCUT2D eigenvalue weighted by Crippen LogP contribution is -2.22. The van der Waals surface area contributed by atoms with Gasteiger partial charge in [0.15, 0.2) is 4.80 Å². The lowest BCUT2D eigenvalue weighted by Gasteiger charge is -2.03. The van der Waals surface area contributed by atoms with Crippen LogP contribution in [0.1, 0.15) is 9.67 Å². The van der Waals surface area contributed by atoms with Crippen LogP contribution in [0.4, 0.5) is 5.00 Å². The number of nitrogens with zero attached hydrogens (tertiary/aromatic N) is 3. The van der Waals surface area contributed by atoms with E-state index < -0.39 is 16.8 Å². The highest BCUT2D eigenvalue weighted by Gasteiger charge is 2.16. The van der Waals surface area contributed by atoms with Gasteiger partial charge in [0.25, 0.3) is 5.91 Å². The number of thiazole rings is 1. The molecular formula is C15H11N3O5S2. The number of fused-ring (bicyclic) bond motifs is 1. The number of aromatic nitrogens is 1. The van der Waals surface area contributed by atoms with Crippen LogP contribution in [0, 0.1) is 10.1 Å².